The molecule has 0 fully saturated rings. The van der Waals surface area contributed by atoms with Crippen molar-refractivity contribution in [1.29, 1.82) is 0 Å². The van der Waals surface area contributed by atoms with Crippen molar-refractivity contribution in [2.24, 2.45) is 0 Å². The van der Waals surface area contributed by atoms with Crippen LogP contribution in [0.15, 0.2) is 54.6 Å². The molecule has 3 aromatic rings. The van der Waals surface area contributed by atoms with E-state index >= 15 is 0 Å². The molecule has 3 nitrogen and oxygen atoms in total. The number of nitrogens with zero attached hydrogens (tertiary/aromatic N) is 2. The van der Waals surface area contributed by atoms with Crippen molar-refractivity contribution in [3.8, 4) is 5.69 Å². The van der Waals surface area contributed by atoms with Crippen LogP contribution in [0.1, 0.15) is 37.6 Å². The van der Waals surface area contributed by atoms with Gasteiger partial charge in [-0.3, -0.25) is 0 Å². The summed E-state index contributed by atoms with van der Waals surface area (Å²) in [5, 5.41) is 8.44. The Morgan fingerprint density at radius 1 is 0.875 bits per heavy atom. The largest absolute Gasteiger partial charge is 0.340 e. The van der Waals surface area contributed by atoms with E-state index in [1.54, 1.807) is 0 Å². The molecule has 2 aromatic carbocycles. The van der Waals surface area contributed by atoms with E-state index < -0.39 is 0 Å². The zero-order valence-corrected chi connectivity index (χ0v) is 15.1. The molecular weight excluding hydrogens is 294 g/mol. The minimum absolute atomic E-state index is 0.00500. The summed E-state index contributed by atoms with van der Waals surface area (Å²) in [6.45, 7) is 10.8. The lowest BCUT2D eigenvalue weighted by atomic mass is 9.92. The van der Waals surface area contributed by atoms with Gasteiger partial charge in [-0.1, -0.05) is 57.2 Å². The fraction of sp³-hybridized carbons (Fsp3) is 0.286. The molecular formula is C21H25N3. The van der Waals surface area contributed by atoms with Gasteiger partial charge in [0, 0.05) is 17.2 Å². The van der Waals surface area contributed by atoms with E-state index in [2.05, 4.69) is 76.3 Å². The van der Waals surface area contributed by atoms with Crippen LogP contribution >= 0.6 is 0 Å². The second-order valence-electron chi connectivity index (χ2n) is 7.31. The van der Waals surface area contributed by atoms with Crippen LogP contribution in [0.2, 0.25) is 0 Å². The van der Waals surface area contributed by atoms with E-state index in [0.717, 1.165) is 22.9 Å². The molecule has 0 saturated heterocycles. The van der Waals surface area contributed by atoms with E-state index in [-0.39, 0.29) is 5.41 Å². The Kier molecular flexibility index (Phi) is 4.18. The quantitative estimate of drug-likeness (QED) is 0.688. The summed E-state index contributed by atoms with van der Waals surface area (Å²) < 4.78 is 2.04. The van der Waals surface area contributed by atoms with Gasteiger partial charge in [0.2, 0.25) is 0 Å². The average Bonchev–Trinajstić information content (AvgIpc) is 2.92. The van der Waals surface area contributed by atoms with Crippen molar-refractivity contribution in [3.05, 3.63) is 71.4 Å². The smallest absolute Gasteiger partial charge is 0.134 e. The SMILES string of the molecule is Cc1cccc(C)c1-n1nc(C(C)(C)C)cc1Nc1ccccc1. The second-order valence-corrected chi connectivity index (χ2v) is 7.31. The van der Waals surface area contributed by atoms with Crippen molar-refractivity contribution < 1.29 is 0 Å². The molecule has 0 amide bonds. The van der Waals surface area contributed by atoms with Gasteiger partial charge in [-0.15, -0.1) is 0 Å². The van der Waals surface area contributed by atoms with Gasteiger partial charge in [0.1, 0.15) is 5.82 Å². The molecule has 0 aliphatic rings. The highest BCUT2D eigenvalue weighted by Gasteiger charge is 2.21. The van der Waals surface area contributed by atoms with Crippen molar-refractivity contribution in [2.45, 2.75) is 40.0 Å². The Labute approximate surface area is 144 Å². The third kappa shape index (κ3) is 3.21. The molecule has 0 aliphatic carbocycles. The summed E-state index contributed by atoms with van der Waals surface area (Å²) in [5.41, 5.74) is 5.71. The molecule has 0 spiro atoms. The minimum atomic E-state index is -0.00500. The van der Waals surface area contributed by atoms with Crippen molar-refractivity contribution in [2.75, 3.05) is 5.32 Å². The average molecular weight is 319 g/mol. The third-order valence-corrected chi connectivity index (χ3v) is 4.18. The summed E-state index contributed by atoms with van der Waals surface area (Å²) in [4.78, 5) is 0. The highest BCUT2D eigenvalue weighted by molar-refractivity contribution is 5.61. The van der Waals surface area contributed by atoms with Gasteiger partial charge in [0.15, 0.2) is 0 Å². The maximum atomic E-state index is 4.92. The molecule has 1 N–H and O–H groups in total. The highest BCUT2D eigenvalue weighted by atomic mass is 15.3. The maximum absolute atomic E-state index is 4.92. The Bertz CT molecular complexity index is 819. The molecule has 0 atom stereocenters. The molecule has 0 aliphatic heterocycles. The molecule has 0 saturated carbocycles. The molecule has 3 heteroatoms. The van der Waals surface area contributed by atoms with Gasteiger partial charge in [0.05, 0.1) is 11.4 Å². The number of rotatable bonds is 3. The number of aromatic nitrogens is 2. The van der Waals surface area contributed by atoms with Gasteiger partial charge in [-0.2, -0.15) is 5.10 Å². The van der Waals surface area contributed by atoms with E-state index in [9.17, 15) is 0 Å². The molecule has 124 valence electrons. The predicted octanol–water partition coefficient (Wildman–Crippen LogP) is 5.53. The van der Waals surface area contributed by atoms with Crippen molar-refractivity contribution >= 4 is 11.5 Å². The number of anilines is 2. The summed E-state index contributed by atoms with van der Waals surface area (Å²) in [5.74, 6) is 0.989. The number of hydrogen-bond acceptors (Lipinski definition) is 2. The number of aryl methyl sites for hydroxylation is 2. The first-order valence-corrected chi connectivity index (χ1v) is 8.35. The lowest BCUT2D eigenvalue weighted by Gasteiger charge is -2.15. The van der Waals surface area contributed by atoms with Crippen LogP contribution in [-0.2, 0) is 5.41 Å². The number of benzene rings is 2. The lowest BCUT2D eigenvalue weighted by Crippen LogP contribution is -2.13. The maximum Gasteiger partial charge on any atom is 0.134 e. The van der Waals surface area contributed by atoms with E-state index in [0.29, 0.717) is 0 Å². The second kappa shape index (κ2) is 6.16. The number of nitrogens with one attached hydrogen (secondary N) is 1. The zero-order valence-electron chi connectivity index (χ0n) is 15.1. The number of para-hydroxylation sites is 2. The van der Waals surface area contributed by atoms with Gasteiger partial charge in [-0.05, 0) is 37.1 Å². The molecule has 0 bridgehead atoms. The van der Waals surface area contributed by atoms with E-state index in [4.69, 9.17) is 5.10 Å². The highest BCUT2D eigenvalue weighted by Crippen LogP contribution is 2.30. The summed E-state index contributed by atoms with van der Waals surface area (Å²) >= 11 is 0. The van der Waals surface area contributed by atoms with Crippen LogP contribution in [0.5, 0.6) is 0 Å². The van der Waals surface area contributed by atoms with Crippen LogP contribution in [-0.4, -0.2) is 9.78 Å². The Morgan fingerprint density at radius 3 is 2.08 bits per heavy atom. The predicted molar refractivity (Wildman–Crippen MR) is 101 cm³/mol. The normalized spacial score (nSPS) is 11.5. The molecule has 24 heavy (non-hydrogen) atoms. The van der Waals surface area contributed by atoms with Crippen LogP contribution in [0, 0.1) is 13.8 Å². The summed E-state index contributed by atoms with van der Waals surface area (Å²) in [6.07, 6.45) is 0. The Hall–Kier alpha value is -2.55. The molecule has 0 unspecified atom stereocenters. The van der Waals surface area contributed by atoms with Crippen LogP contribution < -0.4 is 5.32 Å². The van der Waals surface area contributed by atoms with Crippen LogP contribution in [0.4, 0.5) is 11.5 Å². The van der Waals surface area contributed by atoms with Crippen LogP contribution in [0.3, 0.4) is 0 Å². The van der Waals surface area contributed by atoms with Gasteiger partial charge in [0.25, 0.3) is 0 Å². The fourth-order valence-corrected chi connectivity index (χ4v) is 2.82. The van der Waals surface area contributed by atoms with Gasteiger partial charge < -0.3 is 5.32 Å². The monoisotopic (exact) mass is 319 g/mol. The van der Waals surface area contributed by atoms with Gasteiger partial charge >= 0.3 is 0 Å². The standard InChI is InChI=1S/C21H25N3/c1-15-10-9-11-16(2)20(15)24-19(14-18(23-24)21(3,4)5)22-17-12-7-6-8-13-17/h6-14,22H,1-5H3. The van der Waals surface area contributed by atoms with Gasteiger partial charge in [-0.25, -0.2) is 4.68 Å². The first-order chi connectivity index (χ1) is 11.4. The van der Waals surface area contributed by atoms with E-state index in [1.807, 2.05) is 22.9 Å². The molecule has 3 rings (SSSR count). The Morgan fingerprint density at radius 2 is 1.50 bits per heavy atom. The molecule has 1 heterocycles. The minimum Gasteiger partial charge on any atom is -0.340 e. The third-order valence-electron chi connectivity index (χ3n) is 4.18. The number of hydrogen-bond donors (Lipinski definition) is 1. The van der Waals surface area contributed by atoms with Crippen molar-refractivity contribution in [1.82, 2.24) is 9.78 Å². The van der Waals surface area contributed by atoms with E-state index in [1.165, 1.54) is 11.1 Å². The molecule has 1 aromatic heterocycles. The van der Waals surface area contributed by atoms with Crippen molar-refractivity contribution in [3.63, 3.8) is 0 Å². The summed E-state index contributed by atoms with van der Waals surface area (Å²) in [7, 11) is 0. The first-order valence-electron chi connectivity index (χ1n) is 8.35. The topological polar surface area (TPSA) is 29.9 Å². The fourth-order valence-electron chi connectivity index (χ4n) is 2.82. The Balaban J connectivity index is 2.15. The van der Waals surface area contributed by atoms with Crippen LogP contribution in [0.25, 0.3) is 5.69 Å². The molecule has 0 radical (unpaired) electrons. The zero-order chi connectivity index (χ0) is 17.3. The first kappa shape index (κ1) is 16.3. The summed E-state index contributed by atoms with van der Waals surface area (Å²) in [6, 6.07) is 18.7. The lowest BCUT2D eigenvalue weighted by molar-refractivity contribution is 0.560.